The molecule has 1 unspecified atom stereocenters. The molecule has 0 aliphatic rings. The van der Waals surface area contributed by atoms with E-state index in [1.54, 1.807) is 12.1 Å². The SMILES string of the molecule is CC/C(=C(/c1ccc2cc(C(=O)O)ccc2c1)c1ccc2c(cnn2PI)c1)c1ccccc1. The van der Waals surface area contributed by atoms with Gasteiger partial charge < -0.3 is 5.11 Å². The van der Waals surface area contributed by atoms with Crippen molar-refractivity contribution in [1.82, 2.24) is 9.55 Å². The second-order valence-corrected chi connectivity index (χ2v) is 10.1. The summed E-state index contributed by atoms with van der Waals surface area (Å²) in [6, 6.07) is 28.6. The molecule has 168 valence electrons. The van der Waals surface area contributed by atoms with Gasteiger partial charge in [0.25, 0.3) is 0 Å². The molecular formula is C28H22IN2O2P. The summed E-state index contributed by atoms with van der Waals surface area (Å²) >= 11 is 2.35. The van der Waals surface area contributed by atoms with Crippen LogP contribution in [0.3, 0.4) is 0 Å². The van der Waals surface area contributed by atoms with Crippen molar-refractivity contribution in [2.24, 2.45) is 0 Å². The lowest BCUT2D eigenvalue weighted by atomic mass is 9.87. The summed E-state index contributed by atoms with van der Waals surface area (Å²) in [6.45, 7) is 2.19. The highest BCUT2D eigenvalue weighted by Gasteiger charge is 2.15. The van der Waals surface area contributed by atoms with Crippen LogP contribution in [0.25, 0.3) is 32.8 Å². The number of aromatic carboxylic acids is 1. The van der Waals surface area contributed by atoms with Crippen LogP contribution in [-0.2, 0) is 0 Å². The van der Waals surface area contributed by atoms with Crippen LogP contribution in [0, 0.1) is 0 Å². The number of nitrogens with zero attached hydrogens (tertiary/aromatic N) is 2. The van der Waals surface area contributed by atoms with Gasteiger partial charge in [-0.15, -0.1) is 0 Å². The Kier molecular flexibility index (Phi) is 6.48. The zero-order valence-electron chi connectivity index (χ0n) is 18.5. The minimum atomic E-state index is -0.912. The highest BCUT2D eigenvalue weighted by molar-refractivity contribution is 14.2. The fraction of sp³-hybridized carbons (Fsp3) is 0.0714. The molecule has 5 aromatic rings. The van der Waals surface area contributed by atoms with Gasteiger partial charge in [0.1, 0.15) is 0 Å². The number of rotatable bonds is 6. The Morgan fingerprint density at radius 1 is 0.853 bits per heavy atom. The summed E-state index contributed by atoms with van der Waals surface area (Å²) in [5.74, 6) is -0.912. The normalized spacial score (nSPS) is 12.5. The number of halogens is 1. The van der Waals surface area contributed by atoms with Gasteiger partial charge in [0, 0.05) is 5.39 Å². The van der Waals surface area contributed by atoms with Gasteiger partial charge in [-0.2, -0.15) is 5.10 Å². The van der Waals surface area contributed by atoms with Crippen LogP contribution in [-0.4, -0.2) is 20.6 Å². The maximum absolute atomic E-state index is 11.4. The van der Waals surface area contributed by atoms with Crippen LogP contribution in [0.15, 0.2) is 91.1 Å². The molecule has 0 spiro atoms. The van der Waals surface area contributed by atoms with Crippen LogP contribution >= 0.6 is 28.4 Å². The molecule has 0 radical (unpaired) electrons. The Bertz CT molecular complexity index is 1560. The number of carboxylic acid groups (broad SMARTS) is 1. The van der Waals surface area contributed by atoms with Gasteiger partial charge >= 0.3 is 5.97 Å². The highest BCUT2D eigenvalue weighted by Crippen LogP contribution is 2.37. The molecule has 0 aliphatic carbocycles. The number of aromatic nitrogens is 2. The fourth-order valence-electron chi connectivity index (χ4n) is 4.47. The summed E-state index contributed by atoms with van der Waals surface area (Å²) in [7, 11) is 0. The third-order valence-electron chi connectivity index (χ3n) is 6.09. The van der Waals surface area contributed by atoms with Crippen molar-refractivity contribution in [1.29, 1.82) is 0 Å². The number of carbonyl (C=O) groups is 1. The molecule has 0 saturated carbocycles. The van der Waals surface area contributed by atoms with Crippen LogP contribution in [0.4, 0.5) is 0 Å². The van der Waals surface area contributed by atoms with Crippen molar-refractivity contribution in [3.05, 3.63) is 113 Å². The maximum Gasteiger partial charge on any atom is 0.335 e. The topological polar surface area (TPSA) is 55.1 Å². The van der Waals surface area contributed by atoms with Gasteiger partial charge in [-0.3, -0.25) is 0 Å². The number of carboxylic acids is 1. The predicted octanol–water partition coefficient (Wildman–Crippen LogP) is 8.05. The Morgan fingerprint density at radius 3 is 2.12 bits per heavy atom. The van der Waals surface area contributed by atoms with E-state index in [9.17, 15) is 9.90 Å². The van der Waals surface area contributed by atoms with E-state index >= 15 is 0 Å². The zero-order valence-corrected chi connectivity index (χ0v) is 21.7. The summed E-state index contributed by atoms with van der Waals surface area (Å²) < 4.78 is 2.02. The van der Waals surface area contributed by atoms with Crippen LogP contribution in [0.1, 0.15) is 40.4 Å². The third kappa shape index (κ3) is 4.26. The molecule has 1 heterocycles. The van der Waals surface area contributed by atoms with E-state index in [1.165, 1.54) is 16.7 Å². The fourth-order valence-corrected chi connectivity index (χ4v) is 6.02. The third-order valence-corrected chi connectivity index (χ3v) is 7.98. The van der Waals surface area contributed by atoms with Gasteiger partial charge in [0.05, 0.1) is 23.7 Å². The van der Waals surface area contributed by atoms with Gasteiger partial charge in [-0.25, -0.2) is 9.25 Å². The lowest BCUT2D eigenvalue weighted by molar-refractivity contribution is 0.0697. The second-order valence-electron chi connectivity index (χ2n) is 8.07. The first-order chi connectivity index (χ1) is 16.6. The van der Waals surface area contributed by atoms with E-state index in [1.807, 2.05) is 28.8 Å². The van der Waals surface area contributed by atoms with Crippen molar-refractivity contribution in [2.45, 2.75) is 13.3 Å². The van der Waals surface area contributed by atoms with Crippen LogP contribution in [0.2, 0.25) is 0 Å². The monoisotopic (exact) mass is 576 g/mol. The summed E-state index contributed by atoms with van der Waals surface area (Å²) in [4.78, 5) is 11.4. The summed E-state index contributed by atoms with van der Waals surface area (Å²) in [5.41, 5.74) is 7.34. The van der Waals surface area contributed by atoms with Crippen LogP contribution < -0.4 is 0 Å². The molecule has 1 aromatic heterocycles. The largest absolute Gasteiger partial charge is 0.478 e. The number of allylic oxidation sites excluding steroid dienone is 1. The molecule has 0 amide bonds. The Balaban J connectivity index is 1.75. The quantitative estimate of drug-likeness (QED) is 0.127. The maximum atomic E-state index is 11.4. The molecule has 4 nitrogen and oxygen atoms in total. The molecule has 0 saturated heterocycles. The van der Waals surface area contributed by atoms with Gasteiger partial charge in [-0.1, -0.05) is 61.5 Å². The molecule has 1 N–H and O–H groups in total. The van der Waals surface area contributed by atoms with Crippen molar-refractivity contribution in [2.75, 3.05) is 0 Å². The van der Waals surface area contributed by atoms with Crippen molar-refractivity contribution >= 4 is 67.2 Å². The standard InChI is InChI=1S/C28H22IN2O2P/c1-2-25(18-6-4-3-5-7-18)27(22-12-13-26-24(16-22)17-30-31(26)34-29)21-10-8-20-15-23(28(32)33)11-9-19(20)14-21/h3-17,34H,2H2,1H3,(H,32,33)/b27-25+. The molecule has 0 bridgehead atoms. The molecule has 0 fully saturated rings. The second kappa shape index (κ2) is 9.69. The van der Waals surface area contributed by atoms with E-state index in [4.69, 9.17) is 0 Å². The molecule has 0 aliphatic heterocycles. The molecule has 34 heavy (non-hydrogen) atoms. The first-order valence-electron chi connectivity index (χ1n) is 11.0. The average Bonchev–Trinajstić information content (AvgIpc) is 3.29. The lowest BCUT2D eigenvalue weighted by Gasteiger charge is -2.17. The molecule has 5 rings (SSSR count). The minimum absolute atomic E-state index is 0.299. The Labute approximate surface area is 212 Å². The molecule has 6 heteroatoms. The summed E-state index contributed by atoms with van der Waals surface area (Å²) in [5, 5.41) is 16.9. The van der Waals surface area contributed by atoms with Crippen molar-refractivity contribution in [3.8, 4) is 0 Å². The number of benzene rings is 4. The van der Waals surface area contributed by atoms with Gasteiger partial charge in [-0.05, 0) is 97.4 Å². The Hall–Kier alpha value is -3.02. The smallest absolute Gasteiger partial charge is 0.335 e. The van der Waals surface area contributed by atoms with Crippen molar-refractivity contribution in [3.63, 3.8) is 0 Å². The predicted molar refractivity (Wildman–Crippen MR) is 151 cm³/mol. The van der Waals surface area contributed by atoms with Gasteiger partial charge in [0.2, 0.25) is 0 Å². The van der Waals surface area contributed by atoms with E-state index < -0.39 is 5.97 Å². The van der Waals surface area contributed by atoms with Crippen LogP contribution in [0.5, 0.6) is 0 Å². The van der Waals surface area contributed by atoms with E-state index in [2.05, 4.69) is 88.7 Å². The van der Waals surface area contributed by atoms with E-state index in [0.717, 1.165) is 39.2 Å². The zero-order chi connectivity index (χ0) is 23.7. The van der Waals surface area contributed by atoms with Crippen molar-refractivity contribution < 1.29 is 9.90 Å². The molecule has 1 atom stereocenters. The number of hydrogen-bond acceptors (Lipinski definition) is 2. The van der Waals surface area contributed by atoms with Gasteiger partial charge in [0.15, 0.2) is 0 Å². The highest BCUT2D eigenvalue weighted by atomic mass is 127. The Morgan fingerprint density at radius 2 is 1.47 bits per heavy atom. The first kappa shape index (κ1) is 22.8. The lowest BCUT2D eigenvalue weighted by Crippen LogP contribution is -1.97. The molecule has 4 aromatic carbocycles. The number of hydrogen-bond donors (Lipinski definition) is 1. The number of fused-ring (bicyclic) bond motifs is 2. The minimum Gasteiger partial charge on any atom is -0.478 e. The van der Waals surface area contributed by atoms with E-state index in [0.29, 0.717) is 11.9 Å². The molecular weight excluding hydrogens is 554 g/mol. The average molecular weight is 576 g/mol. The summed E-state index contributed by atoms with van der Waals surface area (Å²) in [6.07, 6.45) is 3.36. The first-order valence-corrected chi connectivity index (χ1v) is 15.1. The van der Waals surface area contributed by atoms with E-state index in [-0.39, 0.29) is 0 Å².